The van der Waals surface area contributed by atoms with E-state index in [-0.39, 0.29) is 17.5 Å². The molecule has 4 rings (SSSR count). The Balaban J connectivity index is 2.00. The zero-order chi connectivity index (χ0) is 13.7. The van der Waals surface area contributed by atoms with Crippen LogP contribution < -0.4 is 5.32 Å². The molecule has 0 saturated heterocycles. The maximum Gasteiger partial charge on any atom is 0.0911 e. The molecule has 2 heteroatoms. The van der Waals surface area contributed by atoms with Crippen molar-refractivity contribution in [2.45, 2.75) is 30.8 Å². The van der Waals surface area contributed by atoms with Crippen molar-refractivity contribution < 1.29 is 0 Å². The van der Waals surface area contributed by atoms with Gasteiger partial charge in [-0.15, -0.1) is 0 Å². The Morgan fingerprint density at radius 3 is 2.60 bits per heavy atom. The van der Waals surface area contributed by atoms with Gasteiger partial charge >= 0.3 is 0 Å². The normalized spacial score (nSPS) is 30.0. The highest BCUT2D eigenvalue weighted by atomic mass is 15.0. The van der Waals surface area contributed by atoms with E-state index in [2.05, 4.69) is 60.8 Å². The van der Waals surface area contributed by atoms with Gasteiger partial charge in [-0.1, -0.05) is 48.5 Å². The second kappa shape index (κ2) is 3.94. The van der Waals surface area contributed by atoms with Crippen molar-refractivity contribution in [2.75, 3.05) is 0 Å². The maximum absolute atomic E-state index is 9.67. The molecule has 20 heavy (non-hydrogen) atoms. The number of fused-ring (bicyclic) bond motifs is 6. The summed E-state index contributed by atoms with van der Waals surface area (Å²) in [6.07, 6.45) is 0.981. The predicted molar refractivity (Wildman–Crippen MR) is 78.2 cm³/mol. The molecule has 0 unspecified atom stereocenters. The Kier molecular flexibility index (Phi) is 2.31. The molecule has 2 nitrogen and oxygen atoms in total. The third-order valence-corrected chi connectivity index (χ3v) is 4.77. The molecular weight excluding hydrogens is 244 g/mol. The van der Waals surface area contributed by atoms with E-state index in [1.165, 1.54) is 22.3 Å². The molecule has 2 aromatic carbocycles. The van der Waals surface area contributed by atoms with Gasteiger partial charge in [0.1, 0.15) is 0 Å². The molecule has 0 radical (unpaired) electrons. The second-order valence-corrected chi connectivity index (χ2v) is 6.02. The predicted octanol–water partition coefficient (Wildman–Crippen LogP) is 3.41. The molecule has 2 aliphatic rings. The van der Waals surface area contributed by atoms with E-state index in [9.17, 15) is 5.26 Å². The minimum atomic E-state index is -0.110. The monoisotopic (exact) mass is 260 g/mol. The van der Waals surface area contributed by atoms with Gasteiger partial charge in [0.2, 0.25) is 0 Å². The Hall–Kier alpha value is -2.11. The number of hydrogen-bond donors (Lipinski definition) is 1. The van der Waals surface area contributed by atoms with Crippen molar-refractivity contribution >= 4 is 0 Å². The number of nitriles is 1. The summed E-state index contributed by atoms with van der Waals surface area (Å²) in [6, 6.07) is 19.5. The number of benzene rings is 2. The molecule has 0 saturated carbocycles. The van der Waals surface area contributed by atoms with Gasteiger partial charge in [0, 0.05) is 5.54 Å². The van der Waals surface area contributed by atoms with Gasteiger partial charge in [-0.05, 0) is 35.6 Å². The SMILES string of the molecule is C[C@@]12Cc3ccccc3[C@@H](N1)[C@H](C#N)c1ccccc12. The maximum atomic E-state index is 9.67. The summed E-state index contributed by atoms with van der Waals surface area (Å²) < 4.78 is 0. The lowest BCUT2D eigenvalue weighted by Crippen LogP contribution is -2.52. The van der Waals surface area contributed by atoms with E-state index in [0.29, 0.717) is 0 Å². The summed E-state index contributed by atoms with van der Waals surface area (Å²) in [4.78, 5) is 0. The van der Waals surface area contributed by atoms with Crippen molar-refractivity contribution in [1.29, 1.82) is 5.26 Å². The molecule has 2 heterocycles. The van der Waals surface area contributed by atoms with Crippen LogP contribution in [0.25, 0.3) is 0 Å². The Bertz CT molecular complexity index is 728. The van der Waals surface area contributed by atoms with Gasteiger partial charge in [0.05, 0.1) is 18.0 Å². The van der Waals surface area contributed by atoms with Crippen molar-refractivity contribution in [1.82, 2.24) is 5.32 Å². The molecule has 2 bridgehead atoms. The molecule has 0 aliphatic carbocycles. The lowest BCUT2D eigenvalue weighted by molar-refractivity contribution is 0.253. The van der Waals surface area contributed by atoms with Crippen molar-refractivity contribution in [3.8, 4) is 6.07 Å². The Labute approximate surface area is 119 Å². The summed E-state index contributed by atoms with van der Waals surface area (Å²) in [5.41, 5.74) is 5.05. The van der Waals surface area contributed by atoms with E-state index >= 15 is 0 Å². The summed E-state index contributed by atoms with van der Waals surface area (Å²) in [6.45, 7) is 2.25. The van der Waals surface area contributed by atoms with Crippen LogP contribution in [0.15, 0.2) is 48.5 Å². The fourth-order valence-corrected chi connectivity index (χ4v) is 3.88. The van der Waals surface area contributed by atoms with Crippen LogP contribution in [0.3, 0.4) is 0 Å². The number of nitrogens with one attached hydrogen (secondary N) is 1. The lowest BCUT2D eigenvalue weighted by Gasteiger charge is -2.48. The summed E-state index contributed by atoms with van der Waals surface area (Å²) in [5, 5.41) is 13.4. The van der Waals surface area contributed by atoms with Crippen molar-refractivity contribution in [2.24, 2.45) is 0 Å². The highest BCUT2D eigenvalue weighted by Gasteiger charge is 2.45. The molecule has 2 aromatic rings. The third-order valence-electron chi connectivity index (χ3n) is 4.77. The van der Waals surface area contributed by atoms with Gasteiger partial charge in [0.15, 0.2) is 0 Å². The molecule has 1 N–H and O–H groups in total. The Morgan fingerprint density at radius 2 is 1.80 bits per heavy atom. The van der Waals surface area contributed by atoms with Gasteiger partial charge in [-0.25, -0.2) is 0 Å². The van der Waals surface area contributed by atoms with Gasteiger partial charge in [-0.2, -0.15) is 5.26 Å². The van der Waals surface area contributed by atoms with E-state index in [0.717, 1.165) is 6.42 Å². The molecule has 2 aliphatic heterocycles. The second-order valence-electron chi connectivity index (χ2n) is 6.02. The van der Waals surface area contributed by atoms with Gasteiger partial charge in [0.25, 0.3) is 0 Å². The van der Waals surface area contributed by atoms with E-state index in [4.69, 9.17) is 0 Å². The molecule has 0 aromatic heterocycles. The fourth-order valence-electron chi connectivity index (χ4n) is 3.88. The van der Waals surface area contributed by atoms with Crippen LogP contribution in [0.2, 0.25) is 0 Å². The topological polar surface area (TPSA) is 35.8 Å². The van der Waals surface area contributed by atoms with Gasteiger partial charge in [-0.3, -0.25) is 5.32 Å². The average Bonchev–Trinajstić information content (AvgIpc) is 2.48. The summed E-state index contributed by atoms with van der Waals surface area (Å²) in [5.74, 6) is -0.110. The average molecular weight is 260 g/mol. The molecule has 3 atom stereocenters. The summed E-state index contributed by atoms with van der Waals surface area (Å²) in [7, 11) is 0. The quantitative estimate of drug-likeness (QED) is 0.788. The first-order valence-electron chi connectivity index (χ1n) is 7.07. The molecule has 0 spiro atoms. The zero-order valence-corrected chi connectivity index (χ0v) is 11.4. The van der Waals surface area contributed by atoms with Crippen molar-refractivity contribution in [3.05, 3.63) is 70.8 Å². The van der Waals surface area contributed by atoms with Crippen LogP contribution >= 0.6 is 0 Å². The van der Waals surface area contributed by atoms with Crippen LogP contribution in [0.4, 0.5) is 0 Å². The minimum absolute atomic E-state index is 0.0665. The first kappa shape index (κ1) is 11.7. The standard InChI is InChI=1S/C18H16N2/c1-18-10-12-6-2-3-7-13(12)17(20-18)15(11-19)14-8-4-5-9-16(14)18/h2-9,15,17,20H,10H2,1H3/t15-,17-,18+/m1/s1. The van der Waals surface area contributed by atoms with Crippen LogP contribution in [0, 0.1) is 11.3 Å². The lowest BCUT2D eigenvalue weighted by atomic mass is 9.67. The third kappa shape index (κ3) is 1.42. The Morgan fingerprint density at radius 1 is 1.10 bits per heavy atom. The zero-order valence-electron chi connectivity index (χ0n) is 11.4. The smallest absolute Gasteiger partial charge is 0.0911 e. The number of hydrogen-bond acceptors (Lipinski definition) is 2. The van der Waals surface area contributed by atoms with Crippen LogP contribution in [-0.4, -0.2) is 0 Å². The van der Waals surface area contributed by atoms with Gasteiger partial charge < -0.3 is 0 Å². The number of nitrogens with zero attached hydrogens (tertiary/aromatic N) is 1. The highest BCUT2D eigenvalue weighted by Crippen LogP contribution is 2.48. The van der Waals surface area contributed by atoms with Crippen LogP contribution in [0.1, 0.15) is 41.1 Å². The first-order valence-corrected chi connectivity index (χ1v) is 7.07. The summed E-state index contributed by atoms with van der Waals surface area (Å²) >= 11 is 0. The largest absolute Gasteiger partial charge is 0.299 e. The van der Waals surface area contributed by atoms with Crippen LogP contribution in [0.5, 0.6) is 0 Å². The van der Waals surface area contributed by atoms with Crippen molar-refractivity contribution in [3.63, 3.8) is 0 Å². The molecule has 0 amide bonds. The molecule has 98 valence electrons. The first-order chi connectivity index (χ1) is 9.73. The van der Waals surface area contributed by atoms with E-state index < -0.39 is 0 Å². The van der Waals surface area contributed by atoms with E-state index in [1.807, 2.05) is 6.07 Å². The molecule has 0 fully saturated rings. The molecular formula is C18H16N2. The van der Waals surface area contributed by atoms with E-state index in [1.54, 1.807) is 0 Å². The minimum Gasteiger partial charge on any atom is -0.299 e. The fraction of sp³-hybridized carbons (Fsp3) is 0.278. The highest BCUT2D eigenvalue weighted by molar-refractivity contribution is 5.50. The van der Waals surface area contributed by atoms with Crippen LogP contribution in [-0.2, 0) is 12.0 Å². The number of rotatable bonds is 0.